The molecule has 12 heteroatoms. The molecule has 0 radical (unpaired) electrons. The molecule has 132 valence electrons. The van der Waals surface area contributed by atoms with Crippen LogP contribution in [0.1, 0.15) is 19.4 Å². The topological polar surface area (TPSA) is 109 Å². The van der Waals surface area contributed by atoms with Gasteiger partial charge in [-0.2, -0.15) is 8.78 Å². The minimum Gasteiger partial charge on any atom is -0.417 e. The summed E-state index contributed by atoms with van der Waals surface area (Å²) in [6.07, 6.45) is -1.92. The van der Waals surface area contributed by atoms with Gasteiger partial charge in [0.2, 0.25) is 17.1 Å². The van der Waals surface area contributed by atoms with Crippen LogP contribution in [0.2, 0.25) is 0 Å². The summed E-state index contributed by atoms with van der Waals surface area (Å²) >= 11 is 0. The Morgan fingerprint density at radius 1 is 1.52 bits per heavy atom. The molecule has 0 saturated carbocycles. The number of alkyl halides is 3. The SMILES string of the molecule is Cn1[nH]c(=O)c(CS(O)(O)C2=NOC(C)(C)C2F)c1OC(F)F. The molecule has 23 heavy (non-hydrogen) atoms. The summed E-state index contributed by atoms with van der Waals surface area (Å²) in [5.74, 6) is -1.40. The fraction of sp³-hybridized carbons (Fsp3) is 0.636. The maximum Gasteiger partial charge on any atom is 0.388 e. The van der Waals surface area contributed by atoms with Crippen LogP contribution in [-0.2, 0) is 17.6 Å². The number of nitrogens with one attached hydrogen (secondary N) is 1. The summed E-state index contributed by atoms with van der Waals surface area (Å²) in [5, 5.41) is 4.81. The van der Waals surface area contributed by atoms with Gasteiger partial charge in [0.25, 0.3) is 5.56 Å². The van der Waals surface area contributed by atoms with Gasteiger partial charge in [-0.1, -0.05) is 5.16 Å². The molecule has 0 aromatic carbocycles. The number of nitrogens with zero attached hydrogens (tertiary/aromatic N) is 2. The monoisotopic (exact) mass is 359 g/mol. The van der Waals surface area contributed by atoms with E-state index in [2.05, 4.69) is 15.0 Å². The van der Waals surface area contributed by atoms with E-state index in [4.69, 9.17) is 4.84 Å². The number of rotatable bonds is 4. The number of halogens is 3. The normalized spacial score (nSPS) is 21.3. The van der Waals surface area contributed by atoms with E-state index in [0.29, 0.717) is 0 Å². The highest BCUT2D eigenvalue weighted by Gasteiger charge is 2.48. The van der Waals surface area contributed by atoms with Gasteiger partial charge in [0, 0.05) is 7.05 Å². The Hall–Kier alpha value is -1.66. The summed E-state index contributed by atoms with van der Waals surface area (Å²) in [6.45, 7) is -0.522. The molecular weight excluding hydrogens is 343 g/mol. The number of ether oxygens (including phenoxy) is 1. The molecule has 2 heterocycles. The van der Waals surface area contributed by atoms with E-state index < -0.39 is 56.8 Å². The first kappa shape index (κ1) is 17.7. The van der Waals surface area contributed by atoms with Crippen molar-refractivity contribution in [2.75, 3.05) is 0 Å². The lowest BCUT2D eigenvalue weighted by atomic mass is 10.1. The van der Waals surface area contributed by atoms with E-state index in [-0.39, 0.29) is 0 Å². The highest BCUT2D eigenvalue weighted by molar-refractivity contribution is 8.36. The van der Waals surface area contributed by atoms with E-state index in [1.165, 1.54) is 20.9 Å². The lowest BCUT2D eigenvalue weighted by Gasteiger charge is -2.32. The standard InChI is InChI=1S/C11H16F3N3O5S/c1-11(2)6(12)8(16-22-11)23(19,20)4-5-7(18)15-17(3)9(5)21-10(13)14/h6,10,19-20H,4H2,1-3H3,(H,15,18). The van der Waals surface area contributed by atoms with Crippen molar-refractivity contribution in [2.45, 2.75) is 38.0 Å². The summed E-state index contributed by atoms with van der Waals surface area (Å²) in [6, 6.07) is 0. The maximum atomic E-state index is 14.2. The zero-order chi connectivity index (χ0) is 17.6. The predicted molar refractivity (Wildman–Crippen MR) is 76.7 cm³/mol. The van der Waals surface area contributed by atoms with Crippen LogP contribution >= 0.6 is 10.6 Å². The van der Waals surface area contributed by atoms with Gasteiger partial charge < -0.3 is 9.57 Å². The largest absolute Gasteiger partial charge is 0.417 e. The summed E-state index contributed by atoms with van der Waals surface area (Å²) in [5.41, 5.74) is -2.71. The van der Waals surface area contributed by atoms with Gasteiger partial charge in [0.1, 0.15) is 0 Å². The number of aryl methyl sites for hydroxylation is 1. The van der Waals surface area contributed by atoms with Crippen molar-refractivity contribution in [1.29, 1.82) is 0 Å². The fourth-order valence-electron chi connectivity index (χ4n) is 1.99. The maximum absolute atomic E-state index is 14.2. The van der Waals surface area contributed by atoms with Crippen LogP contribution in [0.3, 0.4) is 0 Å². The molecular formula is C11H16F3N3O5S. The van der Waals surface area contributed by atoms with Crippen LogP contribution in [0, 0.1) is 0 Å². The van der Waals surface area contributed by atoms with Crippen molar-refractivity contribution in [3.63, 3.8) is 0 Å². The number of aromatic nitrogens is 2. The molecule has 1 aliphatic rings. The highest BCUT2D eigenvalue weighted by Crippen LogP contribution is 2.50. The van der Waals surface area contributed by atoms with Gasteiger partial charge in [-0.05, 0) is 13.8 Å². The average Bonchev–Trinajstić information content (AvgIpc) is 2.80. The molecule has 0 bridgehead atoms. The number of H-pyrrole nitrogens is 1. The molecule has 0 saturated heterocycles. The molecule has 1 aromatic heterocycles. The molecule has 1 aromatic rings. The zero-order valence-corrected chi connectivity index (χ0v) is 13.2. The van der Waals surface area contributed by atoms with Crippen molar-refractivity contribution in [1.82, 2.24) is 9.78 Å². The second-order valence-electron chi connectivity index (χ2n) is 5.46. The minimum absolute atomic E-state index is 0.451. The molecule has 0 amide bonds. The van der Waals surface area contributed by atoms with Crippen LogP contribution < -0.4 is 10.3 Å². The molecule has 8 nitrogen and oxygen atoms in total. The number of aromatic amines is 1. The molecule has 1 unspecified atom stereocenters. The van der Waals surface area contributed by atoms with Crippen LogP contribution in [0.15, 0.2) is 9.95 Å². The summed E-state index contributed by atoms with van der Waals surface area (Å²) < 4.78 is 64.4. The third-order valence-electron chi connectivity index (χ3n) is 3.19. The predicted octanol–water partition coefficient (Wildman–Crippen LogP) is 2.03. The third kappa shape index (κ3) is 3.33. The number of hydrogen-bond donors (Lipinski definition) is 3. The first-order valence-corrected chi connectivity index (χ1v) is 8.06. The summed E-state index contributed by atoms with van der Waals surface area (Å²) in [4.78, 5) is 16.6. The van der Waals surface area contributed by atoms with Gasteiger partial charge in [0.15, 0.2) is 5.60 Å². The van der Waals surface area contributed by atoms with Crippen LogP contribution in [0.4, 0.5) is 13.2 Å². The van der Waals surface area contributed by atoms with Crippen molar-refractivity contribution in [2.24, 2.45) is 12.2 Å². The molecule has 3 N–H and O–H groups in total. The second kappa shape index (κ2) is 5.76. The van der Waals surface area contributed by atoms with Crippen LogP contribution in [0.5, 0.6) is 5.88 Å². The van der Waals surface area contributed by atoms with Crippen LogP contribution in [0.25, 0.3) is 0 Å². The minimum atomic E-state index is -3.91. The van der Waals surface area contributed by atoms with E-state index in [1.54, 1.807) is 0 Å². The number of hydrogen-bond acceptors (Lipinski definition) is 6. The quantitative estimate of drug-likeness (QED) is 0.762. The van der Waals surface area contributed by atoms with E-state index in [1.807, 2.05) is 0 Å². The van der Waals surface area contributed by atoms with E-state index >= 15 is 0 Å². The summed E-state index contributed by atoms with van der Waals surface area (Å²) in [7, 11) is -2.68. The second-order valence-corrected chi connectivity index (χ2v) is 7.50. The van der Waals surface area contributed by atoms with Crippen molar-refractivity contribution >= 4 is 15.6 Å². The van der Waals surface area contributed by atoms with Gasteiger partial charge in [-0.25, -0.2) is 4.39 Å². The van der Waals surface area contributed by atoms with Gasteiger partial charge in [-0.3, -0.25) is 23.7 Å². The van der Waals surface area contributed by atoms with Crippen molar-refractivity contribution < 1.29 is 31.9 Å². The highest BCUT2D eigenvalue weighted by atomic mass is 32.3. The first-order chi connectivity index (χ1) is 10.5. The third-order valence-corrected chi connectivity index (χ3v) is 4.83. The smallest absolute Gasteiger partial charge is 0.388 e. The Bertz CT molecular complexity index is 685. The zero-order valence-electron chi connectivity index (χ0n) is 12.4. The Balaban J connectivity index is 2.33. The molecule has 0 aliphatic carbocycles. The first-order valence-electron chi connectivity index (χ1n) is 6.34. The Morgan fingerprint density at radius 3 is 2.61 bits per heavy atom. The fourth-order valence-corrected chi connectivity index (χ4v) is 3.56. The molecule has 1 aliphatic heterocycles. The molecule has 0 fully saturated rings. The number of oxime groups is 1. The van der Waals surface area contributed by atoms with Gasteiger partial charge in [0.05, 0.1) is 11.3 Å². The Labute approximate surface area is 130 Å². The molecule has 2 rings (SSSR count). The Morgan fingerprint density at radius 2 is 2.13 bits per heavy atom. The molecule has 0 spiro atoms. The van der Waals surface area contributed by atoms with Gasteiger partial charge >= 0.3 is 6.61 Å². The Kier molecular flexibility index (Phi) is 4.43. The lowest BCUT2D eigenvalue weighted by Crippen LogP contribution is -2.36. The average molecular weight is 359 g/mol. The van der Waals surface area contributed by atoms with Crippen molar-refractivity contribution in [3.8, 4) is 5.88 Å². The van der Waals surface area contributed by atoms with E-state index in [0.717, 1.165) is 4.68 Å². The lowest BCUT2D eigenvalue weighted by molar-refractivity contribution is -0.0558. The molecule has 1 atom stereocenters. The van der Waals surface area contributed by atoms with Crippen LogP contribution in [-0.4, -0.2) is 42.3 Å². The van der Waals surface area contributed by atoms with E-state index in [9.17, 15) is 27.1 Å². The van der Waals surface area contributed by atoms with Gasteiger partial charge in [-0.15, -0.1) is 10.6 Å². The van der Waals surface area contributed by atoms with Crippen molar-refractivity contribution in [3.05, 3.63) is 15.9 Å².